The zero-order valence-corrected chi connectivity index (χ0v) is 16.5. The maximum atomic E-state index is 12.3. The molecule has 0 spiro atoms. The molecule has 28 heavy (non-hydrogen) atoms. The zero-order valence-electron chi connectivity index (χ0n) is 15.7. The van der Waals surface area contributed by atoms with Crippen molar-refractivity contribution >= 4 is 28.3 Å². The lowest BCUT2D eigenvalue weighted by Crippen LogP contribution is -2.23. The summed E-state index contributed by atoms with van der Waals surface area (Å²) in [5.74, 6) is 0.148. The Morgan fingerprint density at radius 3 is 2.61 bits per heavy atom. The predicted molar refractivity (Wildman–Crippen MR) is 109 cm³/mol. The maximum Gasteiger partial charge on any atom is 0.276 e. The number of methoxy groups -OCH3 is 1. The fraction of sp³-hybridized carbons (Fsp3) is 0.200. The third-order valence-electron chi connectivity index (χ3n) is 4.05. The first-order chi connectivity index (χ1) is 13.5. The lowest BCUT2D eigenvalue weighted by Gasteiger charge is -2.13. The largest absolute Gasteiger partial charge is 0.497 e. The summed E-state index contributed by atoms with van der Waals surface area (Å²) in [7, 11) is 1.53. The number of hydrogen-bond acceptors (Lipinski definition) is 6. The summed E-state index contributed by atoms with van der Waals surface area (Å²) >= 11 is 1.34. The Morgan fingerprint density at radius 1 is 1.18 bits per heavy atom. The highest BCUT2D eigenvalue weighted by atomic mass is 32.1. The van der Waals surface area contributed by atoms with E-state index in [0.29, 0.717) is 10.9 Å². The normalized spacial score (nSPS) is 11.5. The summed E-state index contributed by atoms with van der Waals surface area (Å²) < 4.78 is 5.11. The summed E-state index contributed by atoms with van der Waals surface area (Å²) in [4.78, 5) is 32.0. The summed E-state index contributed by atoms with van der Waals surface area (Å²) in [5, 5.41) is 7.97. The number of carbonyl (C=O) groups is 2. The van der Waals surface area contributed by atoms with Gasteiger partial charge < -0.3 is 10.1 Å². The third-order valence-corrected chi connectivity index (χ3v) is 4.81. The molecule has 0 aliphatic heterocycles. The molecule has 3 rings (SSSR count). The second kappa shape index (κ2) is 8.62. The van der Waals surface area contributed by atoms with Gasteiger partial charge in [-0.05, 0) is 18.6 Å². The highest BCUT2D eigenvalue weighted by Crippen LogP contribution is 2.26. The van der Waals surface area contributed by atoms with Crippen LogP contribution in [0.3, 0.4) is 0 Å². The van der Waals surface area contributed by atoms with Gasteiger partial charge in [-0.25, -0.2) is 4.98 Å². The van der Waals surface area contributed by atoms with Gasteiger partial charge in [-0.15, -0.1) is 11.3 Å². The quantitative estimate of drug-likeness (QED) is 0.663. The molecule has 1 aromatic carbocycles. The van der Waals surface area contributed by atoms with Crippen molar-refractivity contribution in [1.29, 1.82) is 0 Å². The van der Waals surface area contributed by atoms with Crippen LogP contribution in [0, 0.1) is 0 Å². The topological polar surface area (TPSA) is 93.2 Å². The first-order valence-electron chi connectivity index (χ1n) is 8.60. The second-order valence-corrected chi connectivity index (χ2v) is 6.98. The van der Waals surface area contributed by atoms with Gasteiger partial charge in [-0.3, -0.25) is 19.9 Å². The Kier molecular flexibility index (Phi) is 6.00. The minimum absolute atomic E-state index is 0.0628. The van der Waals surface area contributed by atoms with Crippen molar-refractivity contribution in [2.24, 2.45) is 0 Å². The van der Waals surface area contributed by atoms with Gasteiger partial charge in [-0.2, -0.15) is 0 Å². The molecular formula is C20H20N4O3S. The molecule has 2 aromatic heterocycles. The van der Waals surface area contributed by atoms with E-state index in [1.54, 1.807) is 12.1 Å². The molecule has 8 heteroatoms. The summed E-state index contributed by atoms with van der Waals surface area (Å²) in [6.07, 6.45) is 1.52. The summed E-state index contributed by atoms with van der Waals surface area (Å²) in [6.45, 7) is 3.43. The fourth-order valence-corrected chi connectivity index (χ4v) is 3.33. The SMILES string of the molecule is COc1ccnc(C(=O)Nc2nc(-c3ccc(C(C)NC(C)=O)cc3)cs2)c1. The van der Waals surface area contributed by atoms with Crippen molar-refractivity contribution in [3.63, 3.8) is 0 Å². The number of rotatable bonds is 6. The number of thiazole rings is 1. The van der Waals surface area contributed by atoms with E-state index in [0.717, 1.165) is 16.8 Å². The van der Waals surface area contributed by atoms with Crippen LogP contribution in [0.5, 0.6) is 5.75 Å². The van der Waals surface area contributed by atoms with Crippen molar-refractivity contribution in [1.82, 2.24) is 15.3 Å². The van der Waals surface area contributed by atoms with Crippen LogP contribution >= 0.6 is 11.3 Å². The molecule has 2 amide bonds. The average Bonchev–Trinajstić information content (AvgIpc) is 3.16. The van der Waals surface area contributed by atoms with E-state index in [-0.39, 0.29) is 23.6 Å². The molecule has 1 atom stereocenters. The monoisotopic (exact) mass is 396 g/mol. The molecule has 0 radical (unpaired) electrons. The molecule has 0 saturated heterocycles. The molecule has 2 heterocycles. The smallest absolute Gasteiger partial charge is 0.276 e. The minimum atomic E-state index is -0.348. The van der Waals surface area contributed by atoms with Crippen LogP contribution in [0.25, 0.3) is 11.3 Å². The molecule has 2 N–H and O–H groups in total. The minimum Gasteiger partial charge on any atom is -0.497 e. The van der Waals surface area contributed by atoms with E-state index in [1.807, 2.05) is 36.6 Å². The molecule has 0 fully saturated rings. The van der Waals surface area contributed by atoms with Crippen LogP contribution in [0.4, 0.5) is 5.13 Å². The number of carbonyl (C=O) groups excluding carboxylic acids is 2. The molecule has 7 nitrogen and oxygen atoms in total. The van der Waals surface area contributed by atoms with Crippen molar-refractivity contribution in [2.75, 3.05) is 12.4 Å². The van der Waals surface area contributed by atoms with E-state index < -0.39 is 0 Å². The number of hydrogen-bond donors (Lipinski definition) is 2. The van der Waals surface area contributed by atoms with Crippen LogP contribution in [0.15, 0.2) is 48.0 Å². The first-order valence-corrected chi connectivity index (χ1v) is 9.48. The lowest BCUT2D eigenvalue weighted by atomic mass is 10.1. The van der Waals surface area contributed by atoms with Crippen molar-refractivity contribution in [3.05, 3.63) is 59.2 Å². The maximum absolute atomic E-state index is 12.3. The van der Waals surface area contributed by atoms with Gasteiger partial charge in [0.05, 0.1) is 18.8 Å². The molecule has 0 aliphatic carbocycles. The van der Waals surface area contributed by atoms with Gasteiger partial charge in [0.15, 0.2) is 5.13 Å². The number of nitrogens with zero attached hydrogens (tertiary/aromatic N) is 2. The first kappa shape index (κ1) is 19.5. The van der Waals surface area contributed by atoms with Gasteiger partial charge in [0.25, 0.3) is 5.91 Å². The summed E-state index contributed by atoms with van der Waals surface area (Å²) in [6, 6.07) is 11.0. The fourth-order valence-electron chi connectivity index (χ4n) is 2.62. The number of amides is 2. The molecule has 3 aromatic rings. The van der Waals surface area contributed by atoms with E-state index in [2.05, 4.69) is 20.6 Å². The van der Waals surface area contributed by atoms with E-state index >= 15 is 0 Å². The molecular weight excluding hydrogens is 376 g/mol. The van der Waals surface area contributed by atoms with Gasteiger partial charge in [-0.1, -0.05) is 24.3 Å². The molecule has 0 bridgehead atoms. The number of aromatic nitrogens is 2. The van der Waals surface area contributed by atoms with Crippen molar-refractivity contribution in [3.8, 4) is 17.0 Å². The van der Waals surface area contributed by atoms with E-state index in [9.17, 15) is 9.59 Å². The van der Waals surface area contributed by atoms with Crippen LogP contribution in [0.1, 0.15) is 35.9 Å². The van der Waals surface area contributed by atoms with Gasteiger partial charge in [0.2, 0.25) is 5.91 Å². The van der Waals surface area contributed by atoms with E-state index in [1.165, 1.54) is 31.6 Å². The molecule has 0 aliphatic rings. The standard InChI is InChI=1S/C20H20N4O3S/c1-12(22-13(2)25)14-4-6-15(7-5-14)18-11-28-20(23-18)24-19(26)17-10-16(27-3)8-9-21-17/h4-12H,1-3H3,(H,22,25)(H,23,24,26). The van der Waals surface area contributed by atoms with Crippen LogP contribution < -0.4 is 15.4 Å². The highest BCUT2D eigenvalue weighted by Gasteiger charge is 2.13. The molecule has 1 unspecified atom stereocenters. The van der Waals surface area contributed by atoms with Crippen LogP contribution in [-0.2, 0) is 4.79 Å². The zero-order chi connectivity index (χ0) is 20.1. The Labute approximate surface area is 166 Å². The Hall–Kier alpha value is -3.26. The lowest BCUT2D eigenvalue weighted by molar-refractivity contribution is -0.119. The van der Waals surface area contributed by atoms with Crippen LogP contribution in [0.2, 0.25) is 0 Å². The number of nitrogens with one attached hydrogen (secondary N) is 2. The number of benzene rings is 1. The number of ether oxygens (including phenoxy) is 1. The second-order valence-electron chi connectivity index (χ2n) is 6.12. The van der Waals surface area contributed by atoms with Crippen molar-refractivity contribution in [2.45, 2.75) is 19.9 Å². The predicted octanol–water partition coefficient (Wildman–Crippen LogP) is 3.66. The summed E-state index contributed by atoms with van der Waals surface area (Å²) in [5.41, 5.74) is 2.95. The number of anilines is 1. The number of pyridine rings is 1. The van der Waals surface area contributed by atoms with Gasteiger partial charge in [0.1, 0.15) is 11.4 Å². The van der Waals surface area contributed by atoms with Gasteiger partial charge >= 0.3 is 0 Å². The van der Waals surface area contributed by atoms with Gasteiger partial charge in [0, 0.05) is 30.1 Å². The Morgan fingerprint density at radius 2 is 1.93 bits per heavy atom. The third kappa shape index (κ3) is 4.72. The average molecular weight is 396 g/mol. The molecule has 0 saturated carbocycles. The van der Waals surface area contributed by atoms with E-state index in [4.69, 9.17) is 4.74 Å². The Bertz CT molecular complexity index is 985. The highest BCUT2D eigenvalue weighted by molar-refractivity contribution is 7.14. The van der Waals surface area contributed by atoms with Crippen LogP contribution in [-0.4, -0.2) is 28.9 Å². The Balaban J connectivity index is 1.69. The molecule has 144 valence electrons. The van der Waals surface area contributed by atoms with Crippen molar-refractivity contribution < 1.29 is 14.3 Å².